The maximum atomic E-state index is 12.6. The third kappa shape index (κ3) is 2.91. The summed E-state index contributed by atoms with van der Waals surface area (Å²) in [5, 5.41) is 3.12. The number of hydrogen-bond donors (Lipinski definition) is 1. The number of ether oxygens (including phenoxy) is 1. The zero-order valence-corrected chi connectivity index (χ0v) is 14.0. The van der Waals surface area contributed by atoms with Crippen molar-refractivity contribution in [2.75, 3.05) is 0 Å². The number of amides is 1. The second-order valence-corrected chi connectivity index (χ2v) is 6.88. The van der Waals surface area contributed by atoms with E-state index in [9.17, 15) is 4.79 Å². The van der Waals surface area contributed by atoms with E-state index < -0.39 is 6.10 Å². The van der Waals surface area contributed by atoms with Gasteiger partial charge in [-0.2, -0.15) is 0 Å². The summed E-state index contributed by atoms with van der Waals surface area (Å²) in [6.07, 6.45) is 5.14. The van der Waals surface area contributed by atoms with Crippen molar-refractivity contribution in [1.29, 1.82) is 0 Å². The highest BCUT2D eigenvalue weighted by atomic mass is 16.5. The van der Waals surface area contributed by atoms with Crippen LogP contribution < -0.4 is 10.1 Å². The molecule has 1 N–H and O–H groups in total. The number of carbonyl (C=O) groups is 1. The molecule has 4 rings (SSSR count). The first kappa shape index (κ1) is 15.3. The Balaban J connectivity index is 1.43. The van der Waals surface area contributed by atoms with Gasteiger partial charge in [-0.3, -0.25) is 4.79 Å². The maximum Gasteiger partial charge on any atom is 0.261 e. The van der Waals surface area contributed by atoms with Gasteiger partial charge in [0.15, 0.2) is 6.10 Å². The van der Waals surface area contributed by atoms with Crippen LogP contribution in [0, 0.1) is 0 Å². The Bertz CT molecular complexity index is 743. The Labute approximate surface area is 143 Å². The Morgan fingerprint density at radius 2 is 1.88 bits per heavy atom. The third-order valence-electron chi connectivity index (χ3n) is 5.17. The molecular formula is C21H23NO2. The van der Waals surface area contributed by atoms with Crippen LogP contribution in [0.3, 0.4) is 0 Å². The van der Waals surface area contributed by atoms with Gasteiger partial charge >= 0.3 is 0 Å². The molecule has 1 aliphatic carbocycles. The highest BCUT2D eigenvalue weighted by molar-refractivity contribution is 5.82. The van der Waals surface area contributed by atoms with Crippen LogP contribution in [0.5, 0.6) is 5.75 Å². The third-order valence-corrected chi connectivity index (χ3v) is 5.17. The molecule has 24 heavy (non-hydrogen) atoms. The zero-order valence-electron chi connectivity index (χ0n) is 14.0. The summed E-state index contributed by atoms with van der Waals surface area (Å²) >= 11 is 0. The summed E-state index contributed by atoms with van der Waals surface area (Å²) in [4.78, 5) is 12.6. The Morgan fingerprint density at radius 3 is 2.71 bits per heavy atom. The number of nitrogens with one attached hydrogen (secondary N) is 1. The summed E-state index contributed by atoms with van der Waals surface area (Å²) in [6, 6.07) is 14.5. The van der Waals surface area contributed by atoms with Crippen molar-refractivity contribution in [2.45, 2.75) is 51.2 Å². The first-order valence-corrected chi connectivity index (χ1v) is 8.87. The van der Waals surface area contributed by atoms with E-state index in [4.69, 9.17) is 4.74 Å². The predicted octanol–water partition coefficient (Wildman–Crippen LogP) is 3.75. The number of aryl methyl sites for hydroxylation is 2. The summed E-state index contributed by atoms with van der Waals surface area (Å²) < 4.78 is 5.78. The predicted molar refractivity (Wildman–Crippen MR) is 94.2 cm³/mol. The van der Waals surface area contributed by atoms with Crippen LogP contribution in [0.1, 0.15) is 48.1 Å². The van der Waals surface area contributed by atoms with Crippen LogP contribution in [0.15, 0.2) is 42.5 Å². The lowest BCUT2D eigenvalue weighted by Gasteiger charge is -2.21. The molecule has 0 aromatic heterocycles. The zero-order chi connectivity index (χ0) is 16.5. The molecule has 0 bridgehead atoms. The summed E-state index contributed by atoms with van der Waals surface area (Å²) in [6.45, 7) is 2.05. The minimum absolute atomic E-state index is 0.00274. The minimum Gasteiger partial charge on any atom is -0.480 e. The van der Waals surface area contributed by atoms with Gasteiger partial charge in [-0.1, -0.05) is 36.4 Å². The molecule has 2 atom stereocenters. The van der Waals surface area contributed by atoms with E-state index in [2.05, 4.69) is 23.5 Å². The molecule has 0 fully saturated rings. The van der Waals surface area contributed by atoms with Gasteiger partial charge < -0.3 is 10.1 Å². The first-order valence-electron chi connectivity index (χ1n) is 8.87. The quantitative estimate of drug-likeness (QED) is 0.935. The van der Waals surface area contributed by atoms with Crippen molar-refractivity contribution in [2.24, 2.45) is 0 Å². The van der Waals surface area contributed by atoms with Gasteiger partial charge in [-0.25, -0.2) is 0 Å². The molecule has 0 radical (unpaired) electrons. The van der Waals surface area contributed by atoms with Crippen molar-refractivity contribution in [3.63, 3.8) is 0 Å². The molecule has 3 heteroatoms. The molecule has 0 spiro atoms. The molecule has 1 heterocycles. The molecule has 2 aromatic rings. The largest absolute Gasteiger partial charge is 0.480 e. The minimum atomic E-state index is -0.414. The SMILES string of the molecule is CC(NC(=O)C1Cc2ccccc2O1)c1ccc2c(c1)CCCC2. The molecule has 2 unspecified atom stereocenters. The number of para-hydroxylation sites is 1. The van der Waals surface area contributed by atoms with Crippen LogP contribution in [0.4, 0.5) is 0 Å². The van der Waals surface area contributed by atoms with E-state index in [1.54, 1.807) is 0 Å². The van der Waals surface area contributed by atoms with Crippen molar-refractivity contribution in [1.82, 2.24) is 5.32 Å². The van der Waals surface area contributed by atoms with Crippen molar-refractivity contribution >= 4 is 5.91 Å². The Morgan fingerprint density at radius 1 is 1.08 bits per heavy atom. The lowest BCUT2D eigenvalue weighted by atomic mass is 9.89. The molecular weight excluding hydrogens is 298 g/mol. The number of hydrogen-bond acceptors (Lipinski definition) is 2. The Kier molecular flexibility index (Phi) is 4.01. The molecule has 0 saturated heterocycles. The normalized spacial score (nSPS) is 19.8. The van der Waals surface area contributed by atoms with E-state index in [0.717, 1.165) is 17.7 Å². The van der Waals surface area contributed by atoms with Gasteiger partial charge in [0.05, 0.1) is 6.04 Å². The first-order chi connectivity index (χ1) is 11.7. The highest BCUT2D eigenvalue weighted by Crippen LogP contribution is 2.29. The van der Waals surface area contributed by atoms with Gasteiger partial charge in [-0.15, -0.1) is 0 Å². The second kappa shape index (κ2) is 6.31. The molecule has 0 saturated carbocycles. The van der Waals surface area contributed by atoms with Gasteiger partial charge in [0, 0.05) is 6.42 Å². The van der Waals surface area contributed by atoms with Gasteiger partial charge in [0.2, 0.25) is 0 Å². The fourth-order valence-electron chi connectivity index (χ4n) is 3.74. The number of rotatable bonds is 3. The van der Waals surface area contributed by atoms with Crippen LogP contribution in [-0.2, 0) is 24.1 Å². The van der Waals surface area contributed by atoms with Gasteiger partial charge in [0.25, 0.3) is 5.91 Å². The standard InChI is InChI=1S/C21H23NO2/c1-14(16-11-10-15-6-2-3-7-17(15)12-16)22-21(23)20-13-18-8-4-5-9-19(18)24-20/h4-5,8-12,14,20H,2-3,6-7,13H2,1H3,(H,22,23). The van der Waals surface area contributed by atoms with Gasteiger partial charge in [0.1, 0.15) is 5.75 Å². The molecule has 1 aliphatic heterocycles. The topological polar surface area (TPSA) is 38.3 Å². The van der Waals surface area contributed by atoms with E-state index in [-0.39, 0.29) is 11.9 Å². The fourth-order valence-corrected chi connectivity index (χ4v) is 3.74. The molecule has 1 amide bonds. The summed E-state index contributed by atoms with van der Waals surface area (Å²) in [7, 11) is 0. The molecule has 2 aromatic carbocycles. The van der Waals surface area contributed by atoms with Crippen molar-refractivity contribution in [3.05, 3.63) is 64.7 Å². The molecule has 3 nitrogen and oxygen atoms in total. The van der Waals surface area contributed by atoms with Crippen molar-refractivity contribution in [3.8, 4) is 5.75 Å². The van der Waals surface area contributed by atoms with E-state index in [1.165, 1.54) is 36.0 Å². The number of benzene rings is 2. The van der Waals surface area contributed by atoms with Gasteiger partial charge in [-0.05, 0) is 60.9 Å². The fraction of sp³-hybridized carbons (Fsp3) is 0.381. The van der Waals surface area contributed by atoms with E-state index in [1.807, 2.05) is 31.2 Å². The van der Waals surface area contributed by atoms with Crippen LogP contribution >= 0.6 is 0 Å². The molecule has 124 valence electrons. The van der Waals surface area contributed by atoms with Crippen molar-refractivity contribution < 1.29 is 9.53 Å². The van der Waals surface area contributed by atoms with Crippen LogP contribution in [0.25, 0.3) is 0 Å². The Hall–Kier alpha value is -2.29. The van der Waals surface area contributed by atoms with E-state index >= 15 is 0 Å². The average molecular weight is 321 g/mol. The average Bonchev–Trinajstić information content (AvgIpc) is 3.05. The maximum absolute atomic E-state index is 12.6. The number of fused-ring (bicyclic) bond motifs is 2. The monoisotopic (exact) mass is 321 g/mol. The molecule has 2 aliphatic rings. The smallest absolute Gasteiger partial charge is 0.261 e. The lowest BCUT2D eigenvalue weighted by Crippen LogP contribution is -2.38. The van der Waals surface area contributed by atoms with Crippen LogP contribution in [-0.4, -0.2) is 12.0 Å². The second-order valence-electron chi connectivity index (χ2n) is 6.88. The summed E-state index contributed by atoms with van der Waals surface area (Å²) in [5.41, 5.74) is 5.21. The summed E-state index contributed by atoms with van der Waals surface area (Å²) in [5.74, 6) is 0.801. The lowest BCUT2D eigenvalue weighted by molar-refractivity contribution is -0.127. The van der Waals surface area contributed by atoms with E-state index in [0.29, 0.717) is 6.42 Å². The number of carbonyl (C=O) groups excluding carboxylic acids is 1. The highest BCUT2D eigenvalue weighted by Gasteiger charge is 2.29. The van der Waals surface area contributed by atoms with Crippen LogP contribution in [0.2, 0.25) is 0 Å².